The average Bonchev–Trinajstić information content (AvgIpc) is 2.81. The number of rotatable bonds is 5. The third-order valence-electron chi connectivity index (χ3n) is 4.99. The Morgan fingerprint density at radius 3 is 2.22 bits per heavy atom. The number of ketones is 1. The molecule has 0 spiro atoms. The fraction of sp³-hybridized carbons (Fsp3) is 0.0833. The van der Waals surface area contributed by atoms with E-state index in [9.17, 15) is 18.0 Å². The lowest BCUT2D eigenvalue weighted by Crippen LogP contribution is -2.38. The lowest BCUT2D eigenvalue weighted by atomic mass is 10.0. The maximum atomic E-state index is 13.5. The molecule has 3 aromatic rings. The Bertz CT molecular complexity index is 1350. The van der Waals surface area contributed by atoms with Crippen LogP contribution in [-0.4, -0.2) is 31.0 Å². The number of nitrogens with zero attached hydrogens (tertiary/aromatic N) is 1. The van der Waals surface area contributed by atoms with Gasteiger partial charge in [-0.05, 0) is 31.2 Å². The topological polar surface area (TPSA) is 80.8 Å². The molecule has 0 radical (unpaired) electrons. The molecule has 0 amide bonds. The molecule has 0 unspecified atom stereocenters. The molecular formula is C24H18ClNO5S. The number of sulfonamides is 1. The summed E-state index contributed by atoms with van der Waals surface area (Å²) in [5, 5.41) is 0.179. The van der Waals surface area contributed by atoms with Crippen LogP contribution in [0.5, 0.6) is 0 Å². The monoisotopic (exact) mass is 467 g/mol. The zero-order chi connectivity index (χ0) is 22.9. The molecule has 0 bridgehead atoms. The minimum atomic E-state index is -4.04. The van der Waals surface area contributed by atoms with E-state index in [4.69, 9.17) is 16.3 Å². The van der Waals surface area contributed by atoms with Gasteiger partial charge in [-0.2, -0.15) is 0 Å². The average molecular weight is 468 g/mol. The van der Waals surface area contributed by atoms with Crippen molar-refractivity contribution in [1.29, 1.82) is 0 Å². The summed E-state index contributed by atoms with van der Waals surface area (Å²) in [6.45, 7) is 1.58. The van der Waals surface area contributed by atoms with Crippen molar-refractivity contribution in [2.24, 2.45) is 0 Å². The Hall–Kier alpha value is -3.42. The van der Waals surface area contributed by atoms with Crippen molar-refractivity contribution in [2.45, 2.75) is 11.8 Å². The van der Waals surface area contributed by atoms with Gasteiger partial charge in [0.05, 0.1) is 15.5 Å². The third-order valence-corrected chi connectivity index (χ3v) is 7.25. The Morgan fingerprint density at radius 1 is 0.906 bits per heavy atom. The van der Waals surface area contributed by atoms with Crippen LogP contribution in [0.4, 0.5) is 0 Å². The molecule has 0 N–H and O–H groups in total. The summed E-state index contributed by atoms with van der Waals surface area (Å²) >= 11 is 6.14. The van der Waals surface area contributed by atoms with Gasteiger partial charge in [0, 0.05) is 17.7 Å². The van der Waals surface area contributed by atoms with E-state index in [1.807, 2.05) is 0 Å². The molecular weight excluding hydrogens is 450 g/mol. The zero-order valence-corrected chi connectivity index (χ0v) is 18.6. The number of allylic oxidation sites excluding steroid dienone is 1. The van der Waals surface area contributed by atoms with Gasteiger partial charge < -0.3 is 4.74 Å². The van der Waals surface area contributed by atoms with Crippen LogP contribution in [0.3, 0.4) is 0 Å². The van der Waals surface area contributed by atoms with Crippen molar-refractivity contribution >= 4 is 39.1 Å². The second kappa shape index (κ2) is 8.61. The summed E-state index contributed by atoms with van der Waals surface area (Å²) in [6.07, 6.45) is 0. The third kappa shape index (κ3) is 3.70. The minimum absolute atomic E-state index is 0.0300. The Labute approximate surface area is 190 Å². The maximum Gasteiger partial charge on any atom is 0.345 e. The molecule has 1 heterocycles. The summed E-state index contributed by atoms with van der Waals surface area (Å²) in [5.41, 5.74) is 0.277. The molecule has 3 aromatic carbocycles. The first-order valence-electron chi connectivity index (χ1n) is 9.79. The van der Waals surface area contributed by atoms with E-state index in [0.29, 0.717) is 0 Å². The van der Waals surface area contributed by atoms with Crippen LogP contribution in [0.25, 0.3) is 5.76 Å². The predicted molar refractivity (Wildman–Crippen MR) is 121 cm³/mol. The number of esters is 1. The van der Waals surface area contributed by atoms with E-state index in [0.717, 1.165) is 4.31 Å². The summed E-state index contributed by atoms with van der Waals surface area (Å²) in [7, 11) is -4.04. The maximum absolute atomic E-state index is 13.5. The standard InChI is InChI=1S/C24H18ClNO5S/c1-2-26-21(22(27)16-10-4-3-5-11-16)23(18-13-7-9-15-20(18)32(26,29)30)31-24(28)17-12-6-8-14-19(17)25/h3-15H,2H2,1H3. The van der Waals surface area contributed by atoms with E-state index in [1.165, 1.54) is 18.2 Å². The smallest absolute Gasteiger partial charge is 0.345 e. The van der Waals surface area contributed by atoms with Gasteiger partial charge in [-0.3, -0.25) is 9.10 Å². The molecule has 4 rings (SSSR count). The van der Waals surface area contributed by atoms with Crippen molar-refractivity contribution < 1.29 is 22.7 Å². The van der Waals surface area contributed by atoms with E-state index in [-0.39, 0.29) is 44.6 Å². The van der Waals surface area contributed by atoms with Gasteiger partial charge in [0.15, 0.2) is 5.76 Å². The lowest BCUT2D eigenvalue weighted by Gasteiger charge is -2.32. The SMILES string of the molecule is CCN1C(C(=O)c2ccccc2)=C(OC(=O)c2ccccc2Cl)c2ccccc2S1(=O)=O. The van der Waals surface area contributed by atoms with Crippen LogP contribution in [0.2, 0.25) is 5.02 Å². The zero-order valence-electron chi connectivity index (χ0n) is 17.0. The molecule has 8 heteroatoms. The molecule has 6 nitrogen and oxygen atoms in total. The molecule has 1 aliphatic rings. The van der Waals surface area contributed by atoms with Crippen molar-refractivity contribution in [1.82, 2.24) is 4.31 Å². The Morgan fingerprint density at radius 2 is 1.53 bits per heavy atom. The largest absolute Gasteiger partial charge is 0.420 e. The summed E-state index contributed by atoms with van der Waals surface area (Å²) in [4.78, 5) is 26.4. The lowest BCUT2D eigenvalue weighted by molar-refractivity contribution is 0.0686. The summed E-state index contributed by atoms with van der Waals surface area (Å²) < 4.78 is 33.3. The highest BCUT2D eigenvalue weighted by Gasteiger charge is 2.41. The molecule has 162 valence electrons. The first-order valence-corrected chi connectivity index (χ1v) is 11.6. The van der Waals surface area contributed by atoms with Crippen molar-refractivity contribution in [3.63, 3.8) is 0 Å². The van der Waals surface area contributed by atoms with Gasteiger partial charge in [-0.1, -0.05) is 66.2 Å². The Balaban J connectivity index is 1.96. The van der Waals surface area contributed by atoms with Gasteiger partial charge in [-0.15, -0.1) is 0 Å². The minimum Gasteiger partial charge on any atom is -0.420 e. The number of carbonyl (C=O) groups is 2. The van der Waals surface area contributed by atoms with Crippen LogP contribution in [0, 0.1) is 0 Å². The first kappa shape index (κ1) is 21.8. The molecule has 0 aliphatic carbocycles. The fourth-order valence-corrected chi connectivity index (χ4v) is 5.39. The molecule has 0 saturated carbocycles. The number of hydrogen-bond acceptors (Lipinski definition) is 5. The number of fused-ring (bicyclic) bond motifs is 1. The molecule has 1 aliphatic heterocycles. The highest BCUT2D eigenvalue weighted by atomic mass is 35.5. The number of hydrogen-bond donors (Lipinski definition) is 0. The van der Waals surface area contributed by atoms with Crippen LogP contribution in [0.15, 0.2) is 89.5 Å². The molecule has 0 saturated heterocycles. The van der Waals surface area contributed by atoms with E-state index >= 15 is 0 Å². The fourth-order valence-electron chi connectivity index (χ4n) is 3.51. The summed E-state index contributed by atoms with van der Waals surface area (Å²) in [5.74, 6) is -1.50. The van der Waals surface area contributed by atoms with E-state index in [2.05, 4.69) is 0 Å². The normalized spacial score (nSPS) is 14.6. The number of Topliss-reactive ketones (excluding diaryl/α,β-unsaturated/α-hetero) is 1. The van der Waals surface area contributed by atoms with Crippen molar-refractivity contribution in [3.05, 3.63) is 106 Å². The molecule has 0 fully saturated rings. The van der Waals surface area contributed by atoms with E-state index in [1.54, 1.807) is 67.6 Å². The Kier molecular flexibility index (Phi) is 5.86. The second-order valence-corrected chi connectivity index (χ2v) is 9.15. The first-order chi connectivity index (χ1) is 15.4. The van der Waals surface area contributed by atoms with Crippen molar-refractivity contribution in [3.8, 4) is 0 Å². The van der Waals surface area contributed by atoms with Crippen molar-refractivity contribution in [2.75, 3.05) is 6.54 Å². The van der Waals surface area contributed by atoms with Crippen LogP contribution in [0.1, 0.15) is 33.2 Å². The van der Waals surface area contributed by atoms with Gasteiger partial charge in [0.25, 0.3) is 10.0 Å². The number of benzene rings is 3. The number of carbonyl (C=O) groups excluding carboxylic acids is 2. The molecule has 0 atom stereocenters. The number of halogens is 1. The quantitative estimate of drug-likeness (QED) is 0.398. The summed E-state index contributed by atoms with van der Waals surface area (Å²) in [6, 6.07) is 20.7. The predicted octanol–water partition coefficient (Wildman–Crippen LogP) is 4.77. The highest BCUT2D eigenvalue weighted by molar-refractivity contribution is 7.89. The van der Waals surface area contributed by atoms with Gasteiger partial charge in [0.1, 0.15) is 5.70 Å². The molecule has 32 heavy (non-hydrogen) atoms. The van der Waals surface area contributed by atoms with Crippen LogP contribution in [-0.2, 0) is 14.8 Å². The number of likely N-dealkylation sites (N-methyl/N-ethyl adjacent to an activating group) is 1. The van der Waals surface area contributed by atoms with Crippen LogP contribution >= 0.6 is 11.6 Å². The highest BCUT2D eigenvalue weighted by Crippen LogP contribution is 2.39. The van der Waals surface area contributed by atoms with Crippen LogP contribution < -0.4 is 0 Å². The van der Waals surface area contributed by atoms with Gasteiger partial charge in [-0.25, -0.2) is 13.2 Å². The van der Waals surface area contributed by atoms with Gasteiger partial charge >= 0.3 is 5.97 Å². The van der Waals surface area contributed by atoms with Gasteiger partial charge in [0.2, 0.25) is 5.78 Å². The van der Waals surface area contributed by atoms with E-state index < -0.39 is 21.8 Å². The second-order valence-electron chi connectivity index (χ2n) is 6.91. The molecule has 0 aromatic heterocycles. The number of ether oxygens (including phenoxy) is 1.